The molecule has 0 unspecified atom stereocenters. The Balaban J connectivity index is 2.12. The van der Waals surface area contributed by atoms with Crippen LogP contribution >= 0.6 is 12.2 Å². The largest absolute Gasteiger partial charge is 0.332 e. The maximum absolute atomic E-state index is 13.5. The molecule has 0 saturated heterocycles. The highest BCUT2D eigenvalue weighted by Crippen LogP contribution is 2.20. The molecule has 0 atom stereocenters. The van der Waals surface area contributed by atoms with Crippen LogP contribution in [-0.2, 0) is 0 Å². The van der Waals surface area contributed by atoms with E-state index in [0.717, 1.165) is 12.1 Å². The van der Waals surface area contributed by atoms with Gasteiger partial charge in [-0.3, -0.25) is 0 Å². The molecule has 0 spiro atoms. The van der Waals surface area contributed by atoms with Gasteiger partial charge in [0.15, 0.2) is 22.6 Å². The third-order valence-corrected chi connectivity index (χ3v) is 2.92. The number of hydrogen-bond acceptors (Lipinski definition) is 1. The van der Waals surface area contributed by atoms with E-state index in [-0.39, 0.29) is 10.8 Å². The summed E-state index contributed by atoms with van der Waals surface area (Å²) in [5.74, 6) is -4.70. The minimum atomic E-state index is -1.59. The molecule has 0 aliphatic carbocycles. The van der Waals surface area contributed by atoms with Crippen LogP contribution in [0.1, 0.15) is 5.56 Å². The van der Waals surface area contributed by atoms with Crippen molar-refractivity contribution in [3.63, 3.8) is 0 Å². The van der Waals surface area contributed by atoms with E-state index in [0.29, 0.717) is 11.3 Å². The van der Waals surface area contributed by atoms with Crippen molar-refractivity contribution in [3.05, 3.63) is 59.2 Å². The van der Waals surface area contributed by atoms with Crippen LogP contribution < -0.4 is 10.6 Å². The van der Waals surface area contributed by atoms with Gasteiger partial charge in [0.05, 0.1) is 5.69 Å². The summed E-state index contributed by atoms with van der Waals surface area (Å²) < 4.78 is 52.7. The zero-order chi connectivity index (χ0) is 15.6. The highest BCUT2D eigenvalue weighted by Gasteiger charge is 2.14. The molecule has 2 aromatic carbocycles. The van der Waals surface area contributed by atoms with Gasteiger partial charge in [-0.1, -0.05) is 6.07 Å². The standard InChI is InChI=1S/C14H10F4N2S/c1-7-2-3-8(6-10(7)16)19-14(21)20-11-5-4-9(15)12(17)13(11)18/h2-6H,1H3,(H2,19,20,21). The second-order valence-corrected chi connectivity index (χ2v) is 4.67. The normalized spacial score (nSPS) is 10.3. The van der Waals surface area contributed by atoms with E-state index in [1.54, 1.807) is 19.1 Å². The van der Waals surface area contributed by atoms with Crippen LogP contribution in [0.3, 0.4) is 0 Å². The van der Waals surface area contributed by atoms with Gasteiger partial charge in [-0.05, 0) is 49.0 Å². The van der Waals surface area contributed by atoms with E-state index in [2.05, 4.69) is 10.6 Å². The summed E-state index contributed by atoms with van der Waals surface area (Å²) in [6.07, 6.45) is 0. The number of halogens is 4. The SMILES string of the molecule is Cc1ccc(NC(=S)Nc2ccc(F)c(F)c2F)cc1F. The number of thiocarbonyl (C=S) groups is 1. The quantitative estimate of drug-likeness (QED) is 0.489. The van der Waals surface area contributed by atoms with Crippen molar-refractivity contribution in [1.29, 1.82) is 0 Å². The summed E-state index contributed by atoms with van der Waals surface area (Å²) >= 11 is 4.90. The van der Waals surface area contributed by atoms with Crippen LogP contribution in [0.2, 0.25) is 0 Å². The highest BCUT2D eigenvalue weighted by atomic mass is 32.1. The Labute approximate surface area is 123 Å². The van der Waals surface area contributed by atoms with Gasteiger partial charge in [0.25, 0.3) is 0 Å². The van der Waals surface area contributed by atoms with Crippen LogP contribution in [-0.4, -0.2) is 5.11 Å². The molecule has 2 N–H and O–H groups in total. The molecule has 7 heteroatoms. The molecule has 110 valence electrons. The summed E-state index contributed by atoms with van der Waals surface area (Å²) in [5, 5.41) is 4.91. The third-order valence-electron chi connectivity index (χ3n) is 2.71. The van der Waals surface area contributed by atoms with Crippen LogP contribution in [0.4, 0.5) is 28.9 Å². The average Bonchev–Trinajstić information content (AvgIpc) is 2.44. The Morgan fingerprint density at radius 1 is 0.905 bits per heavy atom. The molecule has 0 amide bonds. The maximum Gasteiger partial charge on any atom is 0.196 e. The first-order chi connectivity index (χ1) is 9.88. The fourth-order valence-electron chi connectivity index (χ4n) is 1.58. The van der Waals surface area contributed by atoms with E-state index >= 15 is 0 Å². The lowest BCUT2D eigenvalue weighted by atomic mass is 10.2. The van der Waals surface area contributed by atoms with E-state index in [9.17, 15) is 17.6 Å². The predicted molar refractivity (Wildman–Crippen MR) is 77.3 cm³/mol. The number of benzene rings is 2. The smallest absolute Gasteiger partial charge is 0.196 e. The fraction of sp³-hybridized carbons (Fsp3) is 0.0714. The fourth-order valence-corrected chi connectivity index (χ4v) is 1.81. The van der Waals surface area contributed by atoms with Crippen LogP contribution in [0.25, 0.3) is 0 Å². The Hall–Kier alpha value is -2.15. The Morgan fingerprint density at radius 3 is 2.29 bits per heavy atom. The van der Waals surface area contributed by atoms with Gasteiger partial charge in [-0.15, -0.1) is 0 Å². The molecule has 2 aromatic rings. The molecule has 0 aliphatic rings. The lowest BCUT2D eigenvalue weighted by molar-refractivity contribution is 0.449. The Kier molecular flexibility index (Phi) is 4.42. The van der Waals surface area contributed by atoms with Gasteiger partial charge in [0, 0.05) is 5.69 Å². The van der Waals surface area contributed by atoms with Crippen molar-refractivity contribution in [2.45, 2.75) is 6.92 Å². The van der Waals surface area contributed by atoms with Gasteiger partial charge < -0.3 is 10.6 Å². The van der Waals surface area contributed by atoms with Crippen molar-refractivity contribution in [3.8, 4) is 0 Å². The van der Waals surface area contributed by atoms with Gasteiger partial charge >= 0.3 is 0 Å². The number of anilines is 2. The molecule has 0 aliphatic heterocycles. The number of hydrogen-bond donors (Lipinski definition) is 2. The summed E-state index contributed by atoms with van der Waals surface area (Å²) in [7, 11) is 0. The number of aryl methyl sites for hydroxylation is 1. The van der Waals surface area contributed by atoms with Gasteiger partial charge in [0.2, 0.25) is 0 Å². The molecular weight excluding hydrogens is 304 g/mol. The van der Waals surface area contributed by atoms with Crippen molar-refractivity contribution < 1.29 is 17.6 Å². The van der Waals surface area contributed by atoms with E-state index in [1.807, 2.05) is 0 Å². The summed E-state index contributed by atoms with van der Waals surface area (Å²) in [4.78, 5) is 0. The first kappa shape index (κ1) is 15.2. The van der Waals surface area contributed by atoms with Crippen molar-refractivity contribution in [1.82, 2.24) is 0 Å². The monoisotopic (exact) mass is 314 g/mol. The Morgan fingerprint density at radius 2 is 1.62 bits per heavy atom. The lowest BCUT2D eigenvalue weighted by Crippen LogP contribution is -2.20. The summed E-state index contributed by atoms with van der Waals surface area (Å²) in [5.41, 5.74) is 0.489. The van der Waals surface area contributed by atoms with E-state index in [1.165, 1.54) is 6.07 Å². The van der Waals surface area contributed by atoms with Crippen molar-refractivity contribution in [2.75, 3.05) is 10.6 Å². The van der Waals surface area contributed by atoms with Crippen molar-refractivity contribution >= 4 is 28.7 Å². The van der Waals surface area contributed by atoms with E-state index < -0.39 is 23.3 Å². The minimum absolute atomic E-state index is 0.0804. The van der Waals surface area contributed by atoms with E-state index in [4.69, 9.17) is 12.2 Å². The number of rotatable bonds is 2. The van der Waals surface area contributed by atoms with Crippen LogP contribution in [0, 0.1) is 30.2 Å². The molecule has 21 heavy (non-hydrogen) atoms. The van der Waals surface area contributed by atoms with Gasteiger partial charge in [-0.25, -0.2) is 17.6 Å². The molecule has 0 radical (unpaired) electrons. The average molecular weight is 314 g/mol. The molecular formula is C14H10F4N2S. The first-order valence-corrected chi connectivity index (χ1v) is 6.27. The number of nitrogens with one attached hydrogen (secondary N) is 2. The molecule has 0 bridgehead atoms. The molecule has 2 nitrogen and oxygen atoms in total. The third kappa shape index (κ3) is 3.49. The molecule has 0 fully saturated rings. The maximum atomic E-state index is 13.5. The topological polar surface area (TPSA) is 24.1 Å². The van der Waals surface area contributed by atoms with Crippen molar-refractivity contribution in [2.24, 2.45) is 0 Å². The summed E-state index contributed by atoms with van der Waals surface area (Å²) in [6, 6.07) is 6.11. The minimum Gasteiger partial charge on any atom is -0.332 e. The van der Waals surface area contributed by atoms with Crippen LogP contribution in [0.15, 0.2) is 30.3 Å². The Bertz CT molecular complexity index is 704. The second-order valence-electron chi connectivity index (χ2n) is 4.27. The molecule has 0 aromatic heterocycles. The predicted octanol–water partition coefficient (Wildman–Crippen LogP) is 4.36. The highest BCUT2D eigenvalue weighted by molar-refractivity contribution is 7.80. The molecule has 0 heterocycles. The summed E-state index contributed by atoms with van der Waals surface area (Å²) in [6.45, 7) is 1.60. The van der Waals surface area contributed by atoms with Gasteiger partial charge in [-0.2, -0.15) is 0 Å². The molecule has 0 saturated carbocycles. The lowest BCUT2D eigenvalue weighted by Gasteiger charge is -2.12. The zero-order valence-corrected chi connectivity index (χ0v) is 11.6. The molecule has 2 rings (SSSR count). The second kappa shape index (κ2) is 6.09. The first-order valence-electron chi connectivity index (χ1n) is 5.86. The van der Waals surface area contributed by atoms with Crippen LogP contribution in [0.5, 0.6) is 0 Å². The zero-order valence-electron chi connectivity index (χ0n) is 10.8. The van der Waals surface area contributed by atoms with Gasteiger partial charge in [0.1, 0.15) is 5.82 Å².